The fourth-order valence-corrected chi connectivity index (χ4v) is 2.60. The Bertz CT molecular complexity index is 582. The first-order valence-corrected chi connectivity index (χ1v) is 8.07. The zero-order valence-electron chi connectivity index (χ0n) is 11.3. The highest BCUT2D eigenvalue weighted by Gasteiger charge is 2.18. The highest BCUT2D eigenvalue weighted by Crippen LogP contribution is 2.35. The lowest BCUT2D eigenvalue weighted by molar-refractivity contribution is 0.0563. The van der Waals surface area contributed by atoms with E-state index in [2.05, 4.69) is 14.9 Å². The molecule has 0 bridgehead atoms. The molecule has 0 radical (unpaired) electrons. The SMILES string of the molecule is COC(=O)c1ccc(C(C)Sc2nnc(CSC)o2)o1. The van der Waals surface area contributed by atoms with Crippen LogP contribution in [0.15, 0.2) is 26.2 Å². The van der Waals surface area contributed by atoms with Crippen LogP contribution in [0.1, 0.15) is 34.4 Å². The molecule has 6 nitrogen and oxygen atoms in total. The van der Waals surface area contributed by atoms with Gasteiger partial charge in [-0.2, -0.15) is 11.8 Å². The van der Waals surface area contributed by atoms with Crippen molar-refractivity contribution in [1.29, 1.82) is 0 Å². The third-order valence-electron chi connectivity index (χ3n) is 2.41. The molecule has 20 heavy (non-hydrogen) atoms. The molecule has 2 aromatic heterocycles. The number of rotatable bonds is 6. The van der Waals surface area contributed by atoms with Crippen molar-refractivity contribution in [2.75, 3.05) is 13.4 Å². The molecule has 0 aliphatic rings. The Kier molecular flexibility index (Phi) is 5.13. The molecule has 8 heteroatoms. The summed E-state index contributed by atoms with van der Waals surface area (Å²) in [7, 11) is 1.31. The first-order valence-electron chi connectivity index (χ1n) is 5.80. The normalized spacial score (nSPS) is 12.3. The zero-order chi connectivity index (χ0) is 14.5. The Hall–Kier alpha value is -1.41. The Morgan fingerprint density at radius 2 is 2.20 bits per heavy atom. The lowest BCUT2D eigenvalue weighted by Gasteiger charge is -2.03. The molecule has 0 aromatic carbocycles. The van der Waals surface area contributed by atoms with E-state index >= 15 is 0 Å². The van der Waals surface area contributed by atoms with E-state index in [1.54, 1.807) is 23.9 Å². The average molecular weight is 314 g/mol. The zero-order valence-corrected chi connectivity index (χ0v) is 12.9. The first kappa shape index (κ1) is 15.0. The highest BCUT2D eigenvalue weighted by molar-refractivity contribution is 7.99. The van der Waals surface area contributed by atoms with Gasteiger partial charge in [-0.3, -0.25) is 0 Å². The van der Waals surface area contributed by atoms with Crippen molar-refractivity contribution in [3.05, 3.63) is 29.5 Å². The van der Waals surface area contributed by atoms with Gasteiger partial charge in [0.05, 0.1) is 18.1 Å². The van der Waals surface area contributed by atoms with Crippen molar-refractivity contribution >= 4 is 29.5 Å². The third-order valence-corrected chi connectivity index (χ3v) is 3.90. The van der Waals surface area contributed by atoms with Crippen LogP contribution in [0.5, 0.6) is 0 Å². The Labute approximate surface area is 124 Å². The molecular formula is C12H14N2O4S2. The number of carbonyl (C=O) groups excluding carboxylic acids is 1. The second kappa shape index (κ2) is 6.85. The number of aromatic nitrogens is 2. The van der Waals surface area contributed by atoms with Crippen LogP contribution in [0.3, 0.4) is 0 Å². The van der Waals surface area contributed by atoms with E-state index in [4.69, 9.17) is 8.83 Å². The van der Waals surface area contributed by atoms with Gasteiger partial charge in [0, 0.05) is 0 Å². The topological polar surface area (TPSA) is 78.4 Å². The molecule has 0 aliphatic carbocycles. The highest BCUT2D eigenvalue weighted by atomic mass is 32.2. The number of nitrogens with zero attached hydrogens (tertiary/aromatic N) is 2. The van der Waals surface area contributed by atoms with Gasteiger partial charge in [0.15, 0.2) is 0 Å². The molecule has 108 valence electrons. The number of hydrogen-bond donors (Lipinski definition) is 0. The van der Waals surface area contributed by atoms with Crippen molar-refractivity contribution in [2.24, 2.45) is 0 Å². The van der Waals surface area contributed by atoms with Gasteiger partial charge in [-0.25, -0.2) is 4.79 Å². The van der Waals surface area contributed by atoms with Crippen LogP contribution in [0, 0.1) is 0 Å². The van der Waals surface area contributed by atoms with E-state index in [9.17, 15) is 4.79 Å². The summed E-state index contributed by atoms with van der Waals surface area (Å²) in [4.78, 5) is 11.3. The summed E-state index contributed by atoms with van der Waals surface area (Å²) in [6, 6.07) is 3.33. The summed E-state index contributed by atoms with van der Waals surface area (Å²) in [6.07, 6.45) is 1.97. The van der Waals surface area contributed by atoms with Crippen molar-refractivity contribution in [1.82, 2.24) is 10.2 Å². The van der Waals surface area contributed by atoms with Crippen LogP contribution in [0.2, 0.25) is 0 Å². The summed E-state index contributed by atoms with van der Waals surface area (Å²) in [5, 5.41) is 8.33. The number of thioether (sulfide) groups is 2. The van der Waals surface area contributed by atoms with E-state index in [-0.39, 0.29) is 11.0 Å². The molecule has 0 saturated heterocycles. The number of hydrogen-bond acceptors (Lipinski definition) is 8. The van der Waals surface area contributed by atoms with Gasteiger partial charge < -0.3 is 13.6 Å². The van der Waals surface area contributed by atoms with E-state index in [1.807, 2.05) is 13.2 Å². The van der Waals surface area contributed by atoms with Gasteiger partial charge in [0.1, 0.15) is 5.76 Å². The standard InChI is InChI=1S/C12H14N2O4S2/c1-7(8-4-5-9(17-8)11(15)16-2)20-12-14-13-10(18-12)6-19-3/h4-5,7H,6H2,1-3H3. The molecule has 1 unspecified atom stereocenters. The number of carbonyl (C=O) groups is 1. The molecule has 2 aromatic rings. The smallest absolute Gasteiger partial charge is 0.373 e. The van der Waals surface area contributed by atoms with Gasteiger partial charge in [-0.15, -0.1) is 10.2 Å². The minimum absolute atomic E-state index is 0.0454. The predicted molar refractivity (Wildman–Crippen MR) is 75.8 cm³/mol. The molecule has 2 rings (SSSR count). The summed E-state index contributed by atoms with van der Waals surface area (Å²) >= 11 is 3.00. The number of furan rings is 1. The van der Waals surface area contributed by atoms with Crippen LogP contribution >= 0.6 is 23.5 Å². The first-order chi connectivity index (χ1) is 9.63. The fraction of sp³-hybridized carbons (Fsp3) is 0.417. The molecule has 0 aliphatic heterocycles. The van der Waals surface area contributed by atoms with Gasteiger partial charge in [-0.05, 0) is 25.3 Å². The van der Waals surface area contributed by atoms with Gasteiger partial charge in [0.2, 0.25) is 11.7 Å². The molecule has 1 atom stereocenters. The molecule has 0 spiro atoms. The second-order valence-corrected chi connectivity index (χ2v) is 6.01. The largest absolute Gasteiger partial charge is 0.463 e. The maximum atomic E-state index is 11.3. The predicted octanol–water partition coefficient (Wildman–Crippen LogP) is 3.17. The molecular weight excluding hydrogens is 300 g/mol. The fourth-order valence-electron chi connectivity index (χ4n) is 1.46. The van der Waals surface area contributed by atoms with Gasteiger partial charge in [-0.1, -0.05) is 11.8 Å². The van der Waals surface area contributed by atoms with Crippen LogP contribution in [0.25, 0.3) is 0 Å². The van der Waals surface area contributed by atoms with Crippen LogP contribution in [-0.2, 0) is 10.5 Å². The van der Waals surface area contributed by atoms with Crippen molar-refractivity contribution < 1.29 is 18.4 Å². The second-order valence-electron chi connectivity index (χ2n) is 3.85. The molecule has 0 amide bonds. The lowest BCUT2D eigenvalue weighted by Crippen LogP contribution is -1.98. The minimum Gasteiger partial charge on any atom is -0.463 e. The minimum atomic E-state index is -0.492. The van der Waals surface area contributed by atoms with Gasteiger partial charge in [0.25, 0.3) is 5.22 Å². The summed E-state index contributed by atoms with van der Waals surface area (Å²) in [6.45, 7) is 1.93. The quantitative estimate of drug-likeness (QED) is 0.594. The van der Waals surface area contributed by atoms with E-state index in [1.165, 1.54) is 18.9 Å². The van der Waals surface area contributed by atoms with Crippen molar-refractivity contribution in [3.63, 3.8) is 0 Å². The van der Waals surface area contributed by atoms with Crippen molar-refractivity contribution in [3.8, 4) is 0 Å². The summed E-state index contributed by atoms with van der Waals surface area (Å²) in [5.74, 6) is 1.63. The Morgan fingerprint density at radius 1 is 1.40 bits per heavy atom. The van der Waals surface area contributed by atoms with Gasteiger partial charge >= 0.3 is 5.97 Å². The Morgan fingerprint density at radius 3 is 2.90 bits per heavy atom. The molecule has 0 fully saturated rings. The molecule has 0 saturated carbocycles. The van der Waals surface area contributed by atoms with Crippen LogP contribution in [-0.4, -0.2) is 29.5 Å². The monoisotopic (exact) mass is 314 g/mol. The summed E-state index contributed by atoms with van der Waals surface area (Å²) in [5.41, 5.74) is 0. The van der Waals surface area contributed by atoms with E-state index < -0.39 is 5.97 Å². The number of ether oxygens (including phenoxy) is 1. The third kappa shape index (κ3) is 3.57. The molecule has 0 N–H and O–H groups in total. The van der Waals surface area contributed by atoms with Crippen LogP contribution < -0.4 is 0 Å². The van der Waals surface area contributed by atoms with E-state index in [0.29, 0.717) is 22.6 Å². The average Bonchev–Trinajstić information content (AvgIpc) is 3.07. The van der Waals surface area contributed by atoms with Crippen LogP contribution in [0.4, 0.5) is 0 Å². The van der Waals surface area contributed by atoms with E-state index in [0.717, 1.165) is 0 Å². The number of methoxy groups -OCH3 is 1. The van der Waals surface area contributed by atoms with Crippen molar-refractivity contribution in [2.45, 2.75) is 23.1 Å². The molecule has 2 heterocycles. The lowest BCUT2D eigenvalue weighted by atomic mass is 10.3. The maximum Gasteiger partial charge on any atom is 0.373 e. The number of esters is 1. The maximum absolute atomic E-state index is 11.3. The Balaban J connectivity index is 2.01. The summed E-state index contributed by atoms with van der Waals surface area (Å²) < 4.78 is 15.5.